The monoisotopic (exact) mass is 544 g/mol. The number of carbonyl (C=O) groups is 1. The van der Waals surface area contributed by atoms with Crippen LogP contribution in [0.4, 0.5) is 28.8 Å². The molecule has 0 bridgehead atoms. The number of anilines is 4. The zero-order valence-electron chi connectivity index (χ0n) is 20.2. The molecule has 0 radical (unpaired) electrons. The molecule has 1 aliphatic rings. The molecule has 2 aromatic heterocycles. The van der Waals surface area contributed by atoms with E-state index in [1.807, 2.05) is 31.0 Å². The largest absolute Gasteiger partial charge is 0.378 e. The van der Waals surface area contributed by atoms with Crippen LogP contribution >= 0.6 is 23.2 Å². The van der Waals surface area contributed by atoms with Gasteiger partial charge >= 0.3 is 5.69 Å². The Morgan fingerprint density at radius 1 is 1.14 bits per heavy atom. The smallest absolute Gasteiger partial charge is 0.311 e. The van der Waals surface area contributed by atoms with Gasteiger partial charge in [-0.25, -0.2) is 9.97 Å². The van der Waals surface area contributed by atoms with E-state index in [1.165, 1.54) is 12.1 Å². The highest BCUT2D eigenvalue weighted by molar-refractivity contribution is 6.36. The Balaban J connectivity index is 1.55. The first-order valence-corrected chi connectivity index (χ1v) is 12.2. The molecule has 37 heavy (non-hydrogen) atoms. The molecule has 3 heterocycles. The molecular formula is C24H26Cl2N8O3. The zero-order chi connectivity index (χ0) is 26.7. The average Bonchev–Trinajstić information content (AvgIpc) is 2.83. The Morgan fingerprint density at radius 3 is 2.57 bits per heavy atom. The number of benzene rings is 1. The van der Waals surface area contributed by atoms with Gasteiger partial charge in [-0.3, -0.25) is 19.8 Å². The molecule has 1 aromatic carbocycles. The van der Waals surface area contributed by atoms with Crippen molar-refractivity contribution in [3.8, 4) is 11.3 Å². The van der Waals surface area contributed by atoms with Gasteiger partial charge in [-0.2, -0.15) is 0 Å². The van der Waals surface area contributed by atoms with Crippen LogP contribution in [0.3, 0.4) is 0 Å². The average molecular weight is 545 g/mol. The van der Waals surface area contributed by atoms with E-state index in [0.717, 1.165) is 6.54 Å². The fourth-order valence-electron chi connectivity index (χ4n) is 3.96. The molecule has 4 N–H and O–H groups in total. The van der Waals surface area contributed by atoms with Gasteiger partial charge in [0.05, 0.1) is 27.9 Å². The van der Waals surface area contributed by atoms with Crippen molar-refractivity contribution in [2.24, 2.45) is 0 Å². The molecule has 1 amide bonds. The number of hydrogen-bond acceptors (Lipinski definition) is 9. The van der Waals surface area contributed by atoms with E-state index in [2.05, 4.69) is 15.6 Å². The molecule has 11 nitrogen and oxygen atoms in total. The van der Waals surface area contributed by atoms with Crippen LogP contribution in [0.5, 0.6) is 0 Å². The first-order valence-electron chi connectivity index (χ1n) is 11.5. The maximum absolute atomic E-state index is 12.8. The number of nitrogens with zero attached hydrogens (tertiary/aromatic N) is 5. The Bertz CT molecular complexity index is 1340. The molecule has 1 aliphatic heterocycles. The van der Waals surface area contributed by atoms with Crippen molar-refractivity contribution in [1.82, 2.24) is 14.9 Å². The van der Waals surface area contributed by atoms with Crippen molar-refractivity contribution in [3.05, 3.63) is 62.6 Å². The van der Waals surface area contributed by atoms with Crippen LogP contribution in [0.25, 0.3) is 11.3 Å². The highest BCUT2D eigenvalue weighted by atomic mass is 35.5. The third-order valence-electron chi connectivity index (χ3n) is 5.85. The van der Waals surface area contributed by atoms with Crippen LogP contribution in [0, 0.1) is 10.1 Å². The van der Waals surface area contributed by atoms with Gasteiger partial charge in [0.1, 0.15) is 11.6 Å². The lowest BCUT2D eigenvalue weighted by molar-refractivity contribution is -0.384. The van der Waals surface area contributed by atoms with Crippen molar-refractivity contribution in [2.45, 2.75) is 13.0 Å². The molecule has 0 spiro atoms. The third-order valence-corrected chi connectivity index (χ3v) is 6.39. The molecular weight excluding hydrogens is 519 g/mol. The molecule has 1 saturated heterocycles. The van der Waals surface area contributed by atoms with Gasteiger partial charge in [0.15, 0.2) is 0 Å². The number of rotatable bonds is 8. The summed E-state index contributed by atoms with van der Waals surface area (Å²) in [5, 5.41) is 18.3. The van der Waals surface area contributed by atoms with E-state index in [4.69, 9.17) is 33.9 Å². The van der Waals surface area contributed by atoms with Crippen LogP contribution in [0.2, 0.25) is 10.0 Å². The number of pyridine rings is 2. The van der Waals surface area contributed by atoms with Crippen LogP contribution in [-0.2, 0) is 4.79 Å². The van der Waals surface area contributed by atoms with E-state index in [0.29, 0.717) is 58.3 Å². The third kappa shape index (κ3) is 6.19. The number of hydrogen-bond donors (Lipinski definition) is 3. The maximum atomic E-state index is 12.8. The lowest BCUT2D eigenvalue weighted by Gasteiger charge is -2.33. The Kier molecular flexibility index (Phi) is 7.96. The molecule has 194 valence electrons. The molecule has 1 atom stereocenters. The van der Waals surface area contributed by atoms with Gasteiger partial charge in [0, 0.05) is 42.3 Å². The van der Waals surface area contributed by atoms with Gasteiger partial charge in [-0.1, -0.05) is 23.2 Å². The minimum atomic E-state index is -0.577. The molecule has 0 aliphatic carbocycles. The normalized spacial score (nSPS) is 14.9. The minimum Gasteiger partial charge on any atom is -0.378 e. The van der Waals surface area contributed by atoms with Crippen molar-refractivity contribution in [3.63, 3.8) is 0 Å². The molecule has 3 aromatic rings. The lowest BCUT2D eigenvalue weighted by atomic mass is 10.1. The van der Waals surface area contributed by atoms with Crippen molar-refractivity contribution in [1.29, 1.82) is 0 Å². The summed E-state index contributed by atoms with van der Waals surface area (Å²) in [4.78, 5) is 35.7. The van der Waals surface area contributed by atoms with Crippen molar-refractivity contribution < 1.29 is 9.72 Å². The number of likely N-dealkylation sites (N-methyl/N-ethyl adjacent to an activating group) is 1. The van der Waals surface area contributed by atoms with Gasteiger partial charge in [-0.05, 0) is 50.4 Å². The summed E-state index contributed by atoms with van der Waals surface area (Å²) >= 11 is 12.6. The molecule has 13 heteroatoms. The number of nitrogen functional groups attached to an aromatic ring is 1. The number of aromatic nitrogens is 2. The fraction of sp³-hybridized carbons (Fsp3) is 0.292. The Hall–Kier alpha value is -3.67. The summed E-state index contributed by atoms with van der Waals surface area (Å²) in [7, 11) is 1.91. The second kappa shape index (κ2) is 11.2. The first kappa shape index (κ1) is 26.4. The van der Waals surface area contributed by atoms with Gasteiger partial charge in [0.2, 0.25) is 11.7 Å². The minimum absolute atomic E-state index is 0.0183. The molecule has 4 rings (SSSR count). The van der Waals surface area contributed by atoms with Crippen molar-refractivity contribution >= 4 is 57.9 Å². The highest BCUT2D eigenvalue weighted by Gasteiger charge is 2.26. The zero-order valence-corrected chi connectivity index (χ0v) is 21.8. The van der Waals surface area contributed by atoms with E-state index < -0.39 is 4.92 Å². The SMILES string of the molecule is C[C@H](CNc1ccc(N2CCN(C)CC2=O)c(-c2ccc(Cl)cc2Cl)n1)Nc1ccc([N+](=O)[O-])c(N)n1. The summed E-state index contributed by atoms with van der Waals surface area (Å²) in [6.45, 7) is 3.96. The van der Waals surface area contributed by atoms with Crippen LogP contribution in [0.15, 0.2) is 42.5 Å². The molecule has 0 saturated carbocycles. The highest BCUT2D eigenvalue weighted by Crippen LogP contribution is 2.37. The van der Waals surface area contributed by atoms with Crippen LogP contribution < -0.4 is 21.3 Å². The quantitative estimate of drug-likeness (QED) is 0.281. The number of nitrogens with two attached hydrogens (primary N) is 1. The van der Waals surface area contributed by atoms with Gasteiger partial charge in [0.25, 0.3) is 0 Å². The molecule has 1 fully saturated rings. The number of nitrogens with one attached hydrogen (secondary N) is 2. The predicted molar refractivity (Wildman–Crippen MR) is 146 cm³/mol. The van der Waals surface area contributed by atoms with Crippen molar-refractivity contribution in [2.75, 3.05) is 54.5 Å². The number of piperazine rings is 1. The first-order chi connectivity index (χ1) is 17.6. The topological polar surface area (TPSA) is 143 Å². The summed E-state index contributed by atoms with van der Waals surface area (Å²) in [5.41, 5.74) is 7.33. The fourth-order valence-corrected chi connectivity index (χ4v) is 4.45. The maximum Gasteiger partial charge on any atom is 0.311 e. The van der Waals surface area contributed by atoms with E-state index >= 15 is 0 Å². The van der Waals surface area contributed by atoms with E-state index in [1.54, 1.807) is 23.1 Å². The summed E-state index contributed by atoms with van der Waals surface area (Å²) in [6.07, 6.45) is 0. The predicted octanol–water partition coefficient (Wildman–Crippen LogP) is 4.13. The second-order valence-corrected chi connectivity index (χ2v) is 9.60. The number of halogens is 2. The van der Waals surface area contributed by atoms with Gasteiger partial charge < -0.3 is 21.3 Å². The molecule has 0 unspecified atom stereocenters. The summed E-state index contributed by atoms with van der Waals surface area (Å²) in [6, 6.07) is 11.5. The Labute approximate surface area is 223 Å². The van der Waals surface area contributed by atoms with Crippen LogP contribution in [-0.4, -0.2) is 65.0 Å². The number of nitro groups is 1. The second-order valence-electron chi connectivity index (χ2n) is 8.76. The number of amides is 1. The van der Waals surface area contributed by atoms with E-state index in [9.17, 15) is 14.9 Å². The number of carbonyl (C=O) groups excluding carboxylic acids is 1. The van der Waals surface area contributed by atoms with E-state index in [-0.39, 0.29) is 23.5 Å². The lowest BCUT2D eigenvalue weighted by Crippen LogP contribution is -2.49. The summed E-state index contributed by atoms with van der Waals surface area (Å²) < 4.78 is 0. The van der Waals surface area contributed by atoms with Gasteiger partial charge in [-0.15, -0.1) is 0 Å². The summed E-state index contributed by atoms with van der Waals surface area (Å²) in [5.74, 6) is 0.824. The standard InChI is InChI=1S/C24H26Cl2N8O3/c1-14(29-21-8-6-19(34(36)37)24(27)31-21)12-28-20-7-5-18(33-10-9-32(2)13-22(33)35)23(30-20)16-4-3-15(25)11-17(16)26/h3-8,11,14H,9-10,12-13H2,1-2H3,(H,28,30)(H3,27,29,31)/t14-/m1/s1. The Morgan fingerprint density at radius 2 is 1.89 bits per heavy atom. The van der Waals surface area contributed by atoms with Crippen LogP contribution in [0.1, 0.15) is 6.92 Å².